The molecule has 0 N–H and O–H groups in total. The van der Waals surface area contributed by atoms with Crippen LogP contribution in [-0.4, -0.2) is 10.7 Å². The Morgan fingerprint density at radius 2 is 1.52 bits per heavy atom. The van der Waals surface area contributed by atoms with Gasteiger partial charge in [-0.2, -0.15) is 0 Å². The zero-order valence-corrected chi connectivity index (χ0v) is 11.9. The minimum Gasteiger partial charge on any atom is -0.255 e. The second kappa shape index (κ2) is 6.14. The van der Waals surface area contributed by atoms with Crippen LogP contribution in [0.5, 0.6) is 0 Å². The molecule has 0 saturated carbocycles. The van der Waals surface area contributed by atoms with Crippen LogP contribution in [0.4, 0.5) is 5.69 Å². The maximum atomic E-state index is 4.79. The summed E-state index contributed by atoms with van der Waals surface area (Å²) in [5.74, 6) is 0. The Hall–Kier alpha value is -2.74. The van der Waals surface area contributed by atoms with Crippen LogP contribution in [0.15, 0.2) is 84.0 Å². The molecule has 1 heterocycles. The lowest BCUT2D eigenvalue weighted by Crippen LogP contribution is -2.04. The van der Waals surface area contributed by atoms with Gasteiger partial charge in [0.1, 0.15) is 0 Å². The number of hydrogen-bond donors (Lipinski definition) is 0. The highest BCUT2D eigenvalue weighted by atomic mass is 14.8. The van der Waals surface area contributed by atoms with Gasteiger partial charge in [-0.15, -0.1) is 0 Å². The zero-order valence-electron chi connectivity index (χ0n) is 11.9. The van der Waals surface area contributed by atoms with E-state index < -0.39 is 0 Å². The summed E-state index contributed by atoms with van der Waals surface area (Å²) < 4.78 is 0. The predicted octanol–water partition coefficient (Wildman–Crippen LogP) is 4.56. The molecule has 0 spiro atoms. The van der Waals surface area contributed by atoms with Gasteiger partial charge >= 0.3 is 0 Å². The van der Waals surface area contributed by atoms with E-state index in [-0.39, 0.29) is 0 Å². The third-order valence-electron chi connectivity index (χ3n) is 3.23. The highest BCUT2D eigenvalue weighted by molar-refractivity contribution is 6.12. The van der Waals surface area contributed by atoms with E-state index in [1.165, 1.54) is 5.56 Å². The third-order valence-corrected chi connectivity index (χ3v) is 3.23. The lowest BCUT2D eigenvalue weighted by molar-refractivity contribution is 1.28. The molecule has 2 aromatic carbocycles. The van der Waals surface area contributed by atoms with Gasteiger partial charge in [-0.25, -0.2) is 4.99 Å². The van der Waals surface area contributed by atoms with Crippen LogP contribution < -0.4 is 0 Å². The van der Waals surface area contributed by atoms with Gasteiger partial charge in [-0.3, -0.25) is 4.98 Å². The molecule has 21 heavy (non-hydrogen) atoms. The van der Waals surface area contributed by atoms with E-state index >= 15 is 0 Å². The first-order valence-corrected chi connectivity index (χ1v) is 6.95. The number of hydrogen-bond acceptors (Lipinski definition) is 2. The summed E-state index contributed by atoms with van der Waals surface area (Å²) in [6.45, 7) is 2.07. The van der Waals surface area contributed by atoms with E-state index in [0.717, 1.165) is 22.7 Å². The Bertz CT molecular complexity index is 688. The quantitative estimate of drug-likeness (QED) is 0.642. The summed E-state index contributed by atoms with van der Waals surface area (Å²) >= 11 is 0. The van der Waals surface area contributed by atoms with Crippen molar-refractivity contribution in [1.82, 2.24) is 4.98 Å². The number of aliphatic imine (C=N–C) groups is 1. The average Bonchev–Trinajstić information content (AvgIpc) is 2.56. The molecule has 0 aliphatic rings. The first-order valence-electron chi connectivity index (χ1n) is 6.95. The number of pyridine rings is 1. The molecule has 102 valence electrons. The molecule has 0 radical (unpaired) electrons. The smallest absolute Gasteiger partial charge is 0.0965 e. The minimum atomic E-state index is 0.879. The van der Waals surface area contributed by atoms with E-state index in [9.17, 15) is 0 Å². The van der Waals surface area contributed by atoms with Gasteiger partial charge in [-0.05, 0) is 31.2 Å². The maximum absolute atomic E-state index is 4.79. The van der Waals surface area contributed by atoms with E-state index in [2.05, 4.69) is 36.2 Å². The molecule has 0 saturated heterocycles. The number of nitrogens with zero attached hydrogens (tertiary/aromatic N) is 2. The summed E-state index contributed by atoms with van der Waals surface area (Å²) in [5, 5.41) is 0. The Morgan fingerprint density at radius 3 is 2.19 bits per heavy atom. The number of benzene rings is 2. The Labute approximate surface area is 124 Å². The molecule has 3 aromatic rings. The molecule has 3 rings (SSSR count). The summed E-state index contributed by atoms with van der Waals surface area (Å²) in [5.41, 5.74) is 5.00. The van der Waals surface area contributed by atoms with Gasteiger partial charge in [-0.1, -0.05) is 54.1 Å². The second-order valence-electron chi connectivity index (χ2n) is 4.88. The molecule has 0 aliphatic carbocycles. The third kappa shape index (κ3) is 3.23. The van der Waals surface area contributed by atoms with Crippen LogP contribution >= 0.6 is 0 Å². The maximum Gasteiger partial charge on any atom is 0.0965 e. The van der Waals surface area contributed by atoms with Crippen molar-refractivity contribution >= 4 is 11.4 Å². The van der Waals surface area contributed by atoms with E-state index in [0.29, 0.717) is 0 Å². The molecule has 2 nitrogen and oxygen atoms in total. The molecule has 0 amide bonds. The van der Waals surface area contributed by atoms with Gasteiger partial charge in [0, 0.05) is 11.8 Å². The molecule has 0 aliphatic heterocycles. The van der Waals surface area contributed by atoms with Crippen molar-refractivity contribution < 1.29 is 0 Å². The Kier molecular flexibility index (Phi) is 3.88. The second-order valence-corrected chi connectivity index (χ2v) is 4.88. The highest BCUT2D eigenvalue weighted by Crippen LogP contribution is 2.17. The summed E-state index contributed by atoms with van der Waals surface area (Å²) in [6, 6.07) is 24.2. The molecule has 0 atom stereocenters. The fourth-order valence-corrected chi connectivity index (χ4v) is 2.12. The lowest BCUT2D eigenvalue weighted by atomic mass is 10.1. The molecule has 0 bridgehead atoms. The lowest BCUT2D eigenvalue weighted by Gasteiger charge is -2.06. The van der Waals surface area contributed by atoms with Crippen molar-refractivity contribution in [3.05, 3.63) is 95.8 Å². The van der Waals surface area contributed by atoms with E-state index in [1.807, 2.05) is 48.5 Å². The average molecular weight is 272 g/mol. The van der Waals surface area contributed by atoms with Crippen LogP contribution in [-0.2, 0) is 0 Å². The van der Waals surface area contributed by atoms with Crippen molar-refractivity contribution in [1.29, 1.82) is 0 Å². The molecule has 1 aromatic heterocycles. The zero-order chi connectivity index (χ0) is 14.5. The Balaban J connectivity index is 2.10. The summed E-state index contributed by atoms with van der Waals surface area (Å²) in [6.07, 6.45) is 1.79. The fourth-order valence-electron chi connectivity index (χ4n) is 2.12. The van der Waals surface area contributed by atoms with E-state index in [1.54, 1.807) is 6.20 Å². The van der Waals surface area contributed by atoms with Crippen molar-refractivity contribution in [2.75, 3.05) is 0 Å². The van der Waals surface area contributed by atoms with Gasteiger partial charge < -0.3 is 0 Å². The number of aryl methyl sites for hydroxylation is 1. The number of rotatable bonds is 3. The van der Waals surface area contributed by atoms with Crippen LogP contribution in [0.25, 0.3) is 0 Å². The summed E-state index contributed by atoms with van der Waals surface area (Å²) in [4.78, 5) is 9.23. The molecular weight excluding hydrogens is 256 g/mol. The molecule has 0 fully saturated rings. The number of aromatic nitrogens is 1. The highest BCUT2D eigenvalue weighted by Gasteiger charge is 2.07. The minimum absolute atomic E-state index is 0.879. The predicted molar refractivity (Wildman–Crippen MR) is 87.2 cm³/mol. The summed E-state index contributed by atoms with van der Waals surface area (Å²) in [7, 11) is 0. The standard InChI is InChI=1S/C19H16N2/c1-15-10-12-17(13-11-15)21-19(16-7-3-2-4-8-16)18-9-5-6-14-20-18/h2-14H,1H3/b21-19+. The van der Waals surface area contributed by atoms with Gasteiger partial charge in [0.15, 0.2) is 0 Å². The van der Waals surface area contributed by atoms with Crippen LogP contribution in [0.3, 0.4) is 0 Å². The van der Waals surface area contributed by atoms with Crippen LogP contribution in [0.1, 0.15) is 16.8 Å². The normalized spacial score (nSPS) is 11.4. The van der Waals surface area contributed by atoms with Crippen molar-refractivity contribution in [3.63, 3.8) is 0 Å². The van der Waals surface area contributed by atoms with Crippen molar-refractivity contribution in [2.45, 2.75) is 6.92 Å². The fraction of sp³-hybridized carbons (Fsp3) is 0.0526. The molecule has 0 unspecified atom stereocenters. The SMILES string of the molecule is Cc1ccc(/N=C(\c2ccccc2)c2ccccn2)cc1. The first-order chi connectivity index (χ1) is 10.3. The van der Waals surface area contributed by atoms with Crippen LogP contribution in [0.2, 0.25) is 0 Å². The van der Waals surface area contributed by atoms with Crippen molar-refractivity contribution in [3.8, 4) is 0 Å². The van der Waals surface area contributed by atoms with Crippen LogP contribution in [0, 0.1) is 6.92 Å². The topological polar surface area (TPSA) is 25.2 Å². The first kappa shape index (κ1) is 13.3. The van der Waals surface area contributed by atoms with Gasteiger partial charge in [0.05, 0.1) is 17.1 Å². The Morgan fingerprint density at radius 1 is 0.810 bits per heavy atom. The van der Waals surface area contributed by atoms with Gasteiger partial charge in [0.25, 0.3) is 0 Å². The van der Waals surface area contributed by atoms with E-state index in [4.69, 9.17) is 4.99 Å². The van der Waals surface area contributed by atoms with Crippen molar-refractivity contribution in [2.24, 2.45) is 4.99 Å². The largest absolute Gasteiger partial charge is 0.255 e. The molecule has 2 heteroatoms. The monoisotopic (exact) mass is 272 g/mol. The molecular formula is C19H16N2. The van der Waals surface area contributed by atoms with Gasteiger partial charge in [0.2, 0.25) is 0 Å².